The minimum absolute atomic E-state index is 0.693. The van der Waals surface area contributed by atoms with Gasteiger partial charge in [-0.25, -0.2) is 0 Å². The highest BCUT2D eigenvalue weighted by molar-refractivity contribution is 7.80. The molecule has 0 fully saturated rings. The normalized spacial score (nSPS) is 12.8. The number of thiol groups is 1. The summed E-state index contributed by atoms with van der Waals surface area (Å²) in [5.74, 6) is 1.67. The molecule has 13 heavy (non-hydrogen) atoms. The van der Waals surface area contributed by atoms with Gasteiger partial charge in [-0.2, -0.15) is 12.6 Å². The van der Waals surface area contributed by atoms with Crippen LogP contribution in [-0.4, -0.2) is 5.75 Å². The van der Waals surface area contributed by atoms with Crippen molar-refractivity contribution in [2.75, 3.05) is 5.75 Å². The number of hydrogen-bond acceptors (Lipinski definition) is 1. The lowest BCUT2D eigenvalue weighted by Crippen LogP contribution is -1.97. The van der Waals surface area contributed by atoms with Gasteiger partial charge in [0.05, 0.1) is 0 Å². The zero-order chi connectivity index (χ0) is 9.68. The quantitative estimate of drug-likeness (QED) is 0.692. The molecule has 0 heterocycles. The van der Waals surface area contributed by atoms with Gasteiger partial charge in [0.1, 0.15) is 0 Å². The van der Waals surface area contributed by atoms with Crippen molar-refractivity contribution in [3.8, 4) is 0 Å². The van der Waals surface area contributed by atoms with Crippen LogP contribution >= 0.6 is 12.6 Å². The van der Waals surface area contributed by atoms with Crippen LogP contribution < -0.4 is 0 Å². The number of hydrogen-bond donors (Lipinski definition) is 1. The highest BCUT2D eigenvalue weighted by atomic mass is 32.1. The second-order valence-corrected chi connectivity index (χ2v) is 3.98. The molecule has 0 amide bonds. The van der Waals surface area contributed by atoms with Crippen LogP contribution in [0.3, 0.4) is 0 Å². The van der Waals surface area contributed by atoms with Crippen LogP contribution in [0, 0.1) is 6.92 Å². The molecule has 0 aliphatic rings. The Morgan fingerprint density at radius 3 is 2.31 bits per heavy atom. The van der Waals surface area contributed by atoms with E-state index in [0.717, 1.165) is 5.75 Å². The second-order valence-electron chi connectivity index (χ2n) is 3.53. The average Bonchev–Trinajstić information content (AvgIpc) is 2.16. The lowest BCUT2D eigenvalue weighted by Gasteiger charge is -2.13. The van der Waals surface area contributed by atoms with Gasteiger partial charge in [0, 0.05) is 0 Å². The molecule has 0 aromatic heterocycles. The minimum Gasteiger partial charge on any atom is -0.179 e. The van der Waals surface area contributed by atoms with Crippen molar-refractivity contribution in [3.05, 3.63) is 35.4 Å². The molecule has 0 aliphatic heterocycles. The summed E-state index contributed by atoms with van der Waals surface area (Å²) in [6.45, 7) is 4.37. The van der Waals surface area contributed by atoms with Crippen molar-refractivity contribution in [1.82, 2.24) is 0 Å². The Morgan fingerprint density at radius 2 is 1.85 bits per heavy atom. The highest BCUT2D eigenvalue weighted by Gasteiger charge is 2.06. The molecule has 0 bridgehead atoms. The van der Waals surface area contributed by atoms with Crippen LogP contribution in [0.25, 0.3) is 0 Å². The van der Waals surface area contributed by atoms with Crippen LogP contribution in [0.1, 0.15) is 36.8 Å². The molecule has 0 spiro atoms. The molecule has 0 aliphatic carbocycles. The fourth-order valence-corrected chi connectivity index (χ4v) is 1.91. The summed E-state index contributed by atoms with van der Waals surface area (Å²) in [6.07, 6.45) is 2.40. The first-order chi connectivity index (χ1) is 6.27. The van der Waals surface area contributed by atoms with E-state index in [-0.39, 0.29) is 0 Å². The Kier molecular flexibility index (Phi) is 4.37. The van der Waals surface area contributed by atoms with Crippen LogP contribution in [0.5, 0.6) is 0 Å². The highest BCUT2D eigenvalue weighted by Crippen LogP contribution is 2.23. The average molecular weight is 194 g/mol. The monoisotopic (exact) mass is 194 g/mol. The number of aryl methyl sites for hydroxylation is 1. The summed E-state index contributed by atoms with van der Waals surface area (Å²) in [5.41, 5.74) is 2.80. The van der Waals surface area contributed by atoms with Crippen molar-refractivity contribution in [2.24, 2.45) is 0 Å². The first kappa shape index (κ1) is 10.6. The van der Waals surface area contributed by atoms with Gasteiger partial charge in [-0.15, -0.1) is 0 Å². The summed E-state index contributed by atoms with van der Waals surface area (Å²) in [5, 5.41) is 0. The van der Waals surface area contributed by atoms with Crippen LogP contribution in [0.4, 0.5) is 0 Å². The predicted octanol–water partition coefficient (Wildman–Crippen LogP) is 3.81. The zero-order valence-electron chi connectivity index (χ0n) is 8.46. The first-order valence-electron chi connectivity index (χ1n) is 4.95. The van der Waals surface area contributed by atoms with Gasteiger partial charge >= 0.3 is 0 Å². The van der Waals surface area contributed by atoms with Crippen LogP contribution in [0.2, 0.25) is 0 Å². The standard InChI is InChI=1S/C12H18S/c1-3-11(8-9-13)12-6-4-10(2)5-7-12/h4-7,11,13H,3,8-9H2,1-2H3. The number of benzene rings is 1. The van der Waals surface area contributed by atoms with Crippen molar-refractivity contribution >= 4 is 12.6 Å². The van der Waals surface area contributed by atoms with Crippen molar-refractivity contribution < 1.29 is 0 Å². The maximum atomic E-state index is 4.28. The molecule has 1 unspecified atom stereocenters. The third-order valence-electron chi connectivity index (χ3n) is 2.52. The van der Waals surface area contributed by atoms with E-state index < -0.39 is 0 Å². The maximum Gasteiger partial charge on any atom is -0.00921 e. The maximum absolute atomic E-state index is 4.28. The third-order valence-corrected chi connectivity index (χ3v) is 2.78. The molecule has 1 heteroatoms. The molecule has 1 rings (SSSR count). The van der Waals surface area contributed by atoms with E-state index in [1.807, 2.05) is 0 Å². The Hall–Kier alpha value is -0.430. The first-order valence-corrected chi connectivity index (χ1v) is 5.58. The fourth-order valence-electron chi connectivity index (χ4n) is 1.60. The van der Waals surface area contributed by atoms with Gasteiger partial charge in [-0.3, -0.25) is 0 Å². The van der Waals surface area contributed by atoms with Crippen LogP contribution in [-0.2, 0) is 0 Å². The molecule has 1 aromatic carbocycles. The Morgan fingerprint density at radius 1 is 1.23 bits per heavy atom. The molecule has 1 atom stereocenters. The Labute approximate surface area is 86.8 Å². The summed E-state index contributed by atoms with van der Waals surface area (Å²) in [4.78, 5) is 0. The second kappa shape index (κ2) is 5.33. The van der Waals surface area contributed by atoms with Gasteiger partial charge in [-0.05, 0) is 37.0 Å². The summed E-state index contributed by atoms with van der Waals surface area (Å²) >= 11 is 4.28. The molecule has 0 saturated carbocycles. The predicted molar refractivity (Wildman–Crippen MR) is 62.7 cm³/mol. The van der Waals surface area contributed by atoms with Gasteiger partial charge in [-0.1, -0.05) is 36.8 Å². The molecular formula is C12H18S. The lowest BCUT2D eigenvalue weighted by molar-refractivity contribution is 0.648. The molecular weight excluding hydrogens is 176 g/mol. The smallest absolute Gasteiger partial charge is 0.00921 e. The van der Waals surface area contributed by atoms with Gasteiger partial charge in [0.2, 0.25) is 0 Å². The van der Waals surface area contributed by atoms with Crippen LogP contribution in [0.15, 0.2) is 24.3 Å². The van der Waals surface area contributed by atoms with E-state index in [1.54, 1.807) is 0 Å². The molecule has 0 saturated heterocycles. The Balaban J connectivity index is 2.73. The molecule has 0 N–H and O–H groups in total. The van der Waals surface area contributed by atoms with Gasteiger partial charge in [0.15, 0.2) is 0 Å². The SMILES string of the molecule is CCC(CCS)c1ccc(C)cc1. The molecule has 0 radical (unpaired) electrons. The van der Waals surface area contributed by atoms with E-state index in [0.29, 0.717) is 5.92 Å². The largest absolute Gasteiger partial charge is 0.179 e. The lowest BCUT2D eigenvalue weighted by atomic mass is 9.93. The summed E-state index contributed by atoms with van der Waals surface area (Å²) in [7, 11) is 0. The van der Waals surface area contributed by atoms with E-state index >= 15 is 0 Å². The number of rotatable bonds is 4. The zero-order valence-corrected chi connectivity index (χ0v) is 9.35. The van der Waals surface area contributed by atoms with Crippen molar-refractivity contribution in [2.45, 2.75) is 32.6 Å². The van der Waals surface area contributed by atoms with E-state index in [2.05, 4.69) is 50.7 Å². The molecule has 1 aromatic rings. The minimum atomic E-state index is 0.693. The molecule has 72 valence electrons. The summed E-state index contributed by atoms with van der Waals surface area (Å²) in [6, 6.07) is 8.87. The summed E-state index contributed by atoms with van der Waals surface area (Å²) < 4.78 is 0. The van der Waals surface area contributed by atoms with E-state index in [9.17, 15) is 0 Å². The van der Waals surface area contributed by atoms with Crippen molar-refractivity contribution in [1.29, 1.82) is 0 Å². The topological polar surface area (TPSA) is 0 Å². The molecule has 0 nitrogen and oxygen atoms in total. The Bertz CT molecular complexity index is 238. The van der Waals surface area contributed by atoms with Gasteiger partial charge < -0.3 is 0 Å². The fraction of sp³-hybridized carbons (Fsp3) is 0.500. The van der Waals surface area contributed by atoms with Crippen molar-refractivity contribution in [3.63, 3.8) is 0 Å². The van der Waals surface area contributed by atoms with E-state index in [1.165, 1.54) is 24.0 Å². The van der Waals surface area contributed by atoms with Gasteiger partial charge in [0.25, 0.3) is 0 Å². The van der Waals surface area contributed by atoms with E-state index in [4.69, 9.17) is 0 Å². The third kappa shape index (κ3) is 3.07.